The molecule has 2 aliphatic rings. The lowest BCUT2D eigenvalue weighted by Crippen LogP contribution is -2.54. The third kappa shape index (κ3) is 4.17. The maximum absolute atomic E-state index is 12.3. The van der Waals surface area contributed by atoms with E-state index in [1.807, 2.05) is 11.0 Å². The monoisotopic (exact) mass is 363 g/mol. The van der Waals surface area contributed by atoms with Gasteiger partial charge in [0.2, 0.25) is 17.7 Å². The van der Waals surface area contributed by atoms with Crippen LogP contribution >= 0.6 is 0 Å². The predicted molar refractivity (Wildman–Crippen MR) is 99.2 cm³/mol. The molecule has 3 heterocycles. The Hall–Kier alpha value is -2.09. The van der Waals surface area contributed by atoms with E-state index in [9.17, 15) is 4.79 Å². The highest BCUT2D eigenvalue weighted by atomic mass is 16.5. The summed E-state index contributed by atoms with van der Waals surface area (Å²) >= 11 is 0. The van der Waals surface area contributed by atoms with Gasteiger partial charge in [-0.1, -0.05) is 0 Å². The predicted octanol–water partition coefficient (Wildman–Crippen LogP) is 1.31. The SMILES string of the molecule is COCCCN1CC2(CCCN(c3cc(OC)nc(N)n3)C2)CCC1=O. The van der Waals surface area contributed by atoms with Gasteiger partial charge in [0.15, 0.2) is 0 Å². The standard InChI is InChI=1S/C18H29N5O3/c1-25-10-4-9-23-13-18(7-5-16(23)24)6-3-8-22(12-18)14-11-15(26-2)21-17(19)20-14/h11H,3-10,12-13H2,1-2H3,(H2,19,20,21). The van der Waals surface area contributed by atoms with Crippen LogP contribution in [0.25, 0.3) is 0 Å². The third-order valence-electron chi connectivity index (χ3n) is 5.43. The van der Waals surface area contributed by atoms with E-state index in [1.54, 1.807) is 14.2 Å². The Morgan fingerprint density at radius 2 is 2.12 bits per heavy atom. The van der Waals surface area contributed by atoms with Crippen LogP contribution in [-0.4, -0.2) is 67.8 Å². The quantitative estimate of drug-likeness (QED) is 0.762. The average Bonchev–Trinajstić information content (AvgIpc) is 2.64. The van der Waals surface area contributed by atoms with Crippen LogP contribution in [0.4, 0.5) is 11.8 Å². The van der Waals surface area contributed by atoms with E-state index in [-0.39, 0.29) is 17.3 Å². The number of rotatable bonds is 6. The lowest BCUT2D eigenvalue weighted by Gasteiger charge is -2.48. The number of ether oxygens (including phenoxy) is 2. The van der Waals surface area contributed by atoms with Crippen LogP contribution in [0.3, 0.4) is 0 Å². The molecule has 1 unspecified atom stereocenters. The van der Waals surface area contributed by atoms with E-state index in [0.717, 1.165) is 57.7 Å². The number of anilines is 2. The van der Waals surface area contributed by atoms with Crippen molar-refractivity contribution in [2.75, 3.05) is 57.6 Å². The number of methoxy groups -OCH3 is 2. The van der Waals surface area contributed by atoms with Gasteiger partial charge in [0, 0.05) is 57.8 Å². The number of carbonyl (C=O) groups excluding carboxylic acids is 1. The van der Waals surface area contributed by atoms with Gasteiger partial charge in [0.05, 0.1) is 7.11 Å². The Balaban J connectivity index is 1.72. The maximum Gasteiger partial charge on any atom is 0.225 e. The van der Waals surface area contributed by atoms with Gasteiger partial charge in [-0.05, 0) is 25.7 Å². The summed E-state index contributed by atoms with van der Waals surface area (Å²) in [4.78, 5) is 25.0. The molecular formula is C18H29N5O3. The number of carbonyl (C=O) groups is 1. The van der Waals surface area contributed by atoms with E-state index < -0.39 is 0 Å². The van der Waals surface area contributed by atoms with Gasteiger partial charge in [0.1, 0.15) is 5.82 Å². The number of aromatic nitrogens is 2. The summed E-state index contributed by atoms with van der Waals surface area (Å²) in [5.41, 5.74) is 5.94. The van der Waals surface area contributed by atoms with Crippen LogP contribution in [0.2, 0.25) is 0 Å². The van der Waals surface area contributed by atoms with E-state index in [1.165, 1.54) is 0 Å². The fourth-order valence-electron chi connectivity index (χ4n) is 4.14. The van der Waals surface area contributed by atoms with E-state index >= 15 is 0 Å². The van der Waals surface area contributed by atoms with Crippen LogP contribution in [0.15, 0.2) is 6.07 Å². The molecule has 0 radical (unpaired) electrons. The van der Waals surface area contributed by atoms with Gasteiger partial charge < -0.3 is 25.0 Å². The van der Waals surface area contributed by atoms with Crippen LogP contribution in [0, 0.1) is 5.41 Å². The molecule has 8 nitrogen and oxygen atoms in total. The summed E-state index contributed by atoms with van der Waals surface area (Å²) in [5, 5.41) is 0. The fourth-order valence-corrected chi connectivity index (χ4v) is 4.14. The molecule has 1 amide bonds. The molecule has 3 rings (SSSR count). The Morgan fingerprint density at radius 3 is 2.88 bits per heavy atom. The number of nitrogens with two attached hydrogens (primary N) is 1. The molecule has 2 saturated heterocycles. The average molecular weight is 363 g/mol. The molecule has 0 saturated carbocycles. The lowest BCUT2D eigenvalue weighted by atomic mass is 9.73. The highest BCUT2D eigenvalue weighted by molar-refractivity contribution is 5.77. The van der Waals surface area contributed by atoms with Gasteiger partial charge in [0.25, 0.3) is 0 Å². The zero-order valence-corrected chi connectivity index (χ0v) is 15.7. The first-order valence-electron chi connectivity index (χ1n) is 9.25. The van der Waals surface area contributed by atoms with Crippen molar-refractivity contribution in [2.24, 2.45) is 5.41 Å². The summed E-state index contributed by atoms with van der Waals surface area (Å²) in [6.07, 6.45) is 4.64. The molecule has 1 spiro atoms. The minimum absolute atomic E-state index is 0.117. The number of nitrogen functional groups attached to an aromatic ring is 1. The second kappa shape index (κ2) is 8.07. The molecule has 1 aromatic heterocycles. The first-order chi connectivity index (χ1) is 12.5. The van der Waals surface area contributed by atoms with Crippen LogP contribution in [0.1, 0.15) is 32.1 Å². The van der Waals surface area contributed by atoms with Crippen LogP contribution in [0.5, 0.6) is 5.88 Å². The van der Waals surface area contributed by atoms with Crippen molar-refractivity contribution in [1.29, 1.82) is 0 Å². The molecule has 8 heteroatoms. The molecular weight excluding hydrogens is 334 g/mol. The zero-order valence-electron chi connectivity index (χ0n) is 15.7. The van der Waals surface area contributed by atoms with Crippen molar-refractivity contribution in [3.63, 3.8) is 0 Å². The van der Waals surface area contributed by atoms with Gasteiger partial charge in [-0.2, -0.15) is 9.97 Å². The van der Waals surface area contributed by atoms with Crippen molar-refractivity contribution in [2.45, 2.75) is 32.1 Å². The van der Waals surface area contributed by atoms with Crippen molar-refractivity contribution >= 4 is 17.7 Å². The minimum Gasteiger partial charge on any atom is -0.481 e. The summed E-state index contributed by atoms with van der Waals surface area (Å²) in [7, 11) is 3.27. The van der Waals surface area contributed by atoms with Crippen molar-refractivity contribution in [1.82, 2.24) is 14.9 Å². The first kappa shape index (κ1) is 18.7. The fraction of sp³-hybridized carbons (Fsp3) is 0.722. The first-order valence-corrected chi connectivity index (χ1v) is 9.25. The number of nitrogens with zero attached hydrogens (tertiary/aromatic N) is 4. The smallest absolute Gasteiger partial charge is 0.225 e. The van der Waals surface area contributed by atoms with Crippen molar-refractivity contribution < 1.29 is 14.3 Å². The van der Waals surface area contributed by atoms with Crippen molar-refractivity contribution in [3.05, 3.63) is 6.07 Å². The van der Waals surface area contributed by atoms with Crippen LogP contribution in [-0.2, 0) is 9.53 Å². The molecule has 144 valence electrons. The molecule has 2 N–H and O–H groups in total. The summed E-state index contributed by atoms with van der Waals surface area (Å²) in [5.74, 6) is 1.76. The van der Waals surface area contributed by atoms with Crippen LogP contribution < -0.4 is 15.4 Å². The zero-order chi connectivity index (χ0) is 18.6. The molecule has 1 aromatic rings. The normalized spacial score (nSPS) is 23.5. The number of hydrogen-bond acceptors (Lipinski definition) is 7. The molecule has 0 aromatic carbocycles. The Morgan fingerprint density at radius 1 is 1.27 bits per heavy atom. The van der Waals surface area contributed by atoms with Gasteiger partial charge in [-0.3, -0.25) is 4.79 Å². The highest BCUT2D eigenvalue weighted by Crippen LogP contribution is 2.40. The minimum atomic E-state index is 0.117. The molecule has 2 aliphatic heterocycles. The summed E-state index contributed by atoms with van der Waals surface area (Å²) < 4.78 is 10.4. The third-order valence-corrected chi connectivity index (χ3v) is 5.43. The molecule has 0 aliphatic carbocycles. The molecule has 2 fully saturated rings. The van der Waals surface area contributed by atoms with Crippen molar-refractivity contribution in [3.8, 4) is 5.88 Å². The number of hydrogen-bond donors (Lipinski definition) is 1. The number of likely N-dealkylation sites (tertiary alicyclic amines) is 1. The lowest BCUT2D eigenvalue weighted by molar-refractivity contribution is -0.138. The molecule has 26 heavy (non-hydrogen) atoms. The van der Waals surface area contributed by atoms with E-state index in [4.69, 9.17) is 15.2 Å². The van der Waals surface area contributed by atoms with Gasteiger partial charge in [-0.25, -0.2) is 0 Å². The maximum atomic E-state index is 12.3. The second-order valence-corrected chi connectivity index (χ2v) is 7.31. The summed E-state index contributed by atoms with van der Waals surface area (Å²) in [6, 6.07) is 1.83. The van der Waals surface area contributed by atoms with Gasteiger partial charge in [-0.15, -0.1) is 0 Å². The van der Waals surface area contributed by atoms with E-state index in [2.05, 4.69) is 14.9 Å². The largest absolute Gasteiger partial charge is 0.481 e. The molecule has 0 bridgehead atoms. The number of amides is 1. The Bertz CT molecular complexity index is 641. The summed E-state index contributed by atoms with van der Waals surface area (Å²) in [6.45, 7) is 4.06. The van der Waals surface area contributed by atoms with Gasteiger partial charge >= 0.3 is 0 Å². The Kier molecular flexibility index (Phi) is 5.80. The Labute approximate surface area is 154 Å². The number of piperidine rings is 2. The molecule has 1 atom stereocenters. The second-order valence-electron chi connectivity index (χ2n) is 7.31. The topological polar surface area (TPSA) is 93.8 Å². The van der Waals surface area contributed by atoms with E-state index in [0.29, 0.717) is 18.9 Å². The highest BCUT2D eigenvalue weighted by Gasteiger charge is 2.42.